The highest BCUT2D eigenvalue weighted by Gasteiger charge is 2.44. The zero-order valence-electron chi connectivity index (χ0n) is 12.0. The Bertz CT molecular complexity index is 639. The number of thiophene rings is 1. The number of aryl methyl sites for hydroxylation is 1. The zero-order valence-corrected chi connectivity index (χ0v) is 12.8. The first kappa shape index (κ1) is 14.8. The maximum Gasteiger partial charge on any atom is 0.309 e. The lowest BCUT2D eigenvalue weighted by molar-refractivity contribution is -0.142. The number of rotatable bonds is 6. The Morgan fingerprint density at radius 1 is 1.45 bits per heavy atom. The smallest absolute Gasteiger partial charge is 0.309 e. The van der Waals surface area contributed by atoms with Crippen LogP contribution in [0.1, 0.15) is 24.4 Å². The molecule has 0 aliphatic carbocycles. The van der Waals surface area contributed by atoms with E-state index >= 15 is 0 Å². The molecule has 0 spiro atoms. The third-order valence-corrected chi connectivity index (χ3v) is 4.71. The number of carbonyl (C=O) groups is 2. The average molecular weight is 319 g/mol. The van der Waals surface area contributed by atoms with Crippen molar-refractivity contribution < 1.29 is 14.7 Å². The van der Waals surface area contributed by atoms with Gasteiger partial charge in [-0.15, -0.1) is 0 Å². The minimum atomic E-state index is -0.901. The van der Waals surface area contributed by atoms with Gasteiger partial charge in [-0.3, -0.25) is 9.59 Å². The molecule has 0 unspecified atom stereocenters. The van der Waals surface area contributed by atoms with Gasteiger partial charge in [-0.25, -0.2) is 4.98 Å². The topological polar surface area (TPSA) is 75.4 Å². The number of aromatic nitrogens is 2. The van der Waals surface area contributed by atoms with Crippen LogP contribution in [-0.2, 0) is 16.1 Å². The predicted octanol–water partition coefficient (Wildman–Crippen LogP) is 2.01. The molecule has 7 heteroatoms. The van der Waals surface area contributed by atoms with Crippen LogP contribution in [0.5, 0.6) is 0 Å². The number of aliphatic carboxylic acids is 1. The number of hydrogen-bond acceptors (Lipinski definition) is 4. The van der Waals surface area contributed by atoms with E-state index in [1.165, 1.54) is 11.3 Å². The molecular weight excluding hydrogens is 302 g/mol. The van der Waals surface area contributed by atoms with Crippen LogP contribution >= 0.6 is 11.3 Å². The van der Waals surface area contributed by atoms with E-state index in [2.05, 4.69) is 4.98 Å². The molecule has 6 nitrogen and oxygen atoms in total. The number of carboxylic acids is 1. The number of amides is 1. The first-order valence-electron chi connectivity index (χ1n) is 7.17. The Balaban J connectivity index is 1.72. The minimum Gasteiger partial charge on any atom is -0.481 e. The van der Waals surface area contributed by atoms with Gasteiger partial charge in [0, 0.05) is 31.9 Å². The third kappa shape index (κ3) is 2.89. The standard InChI is InChI=1S/C15H17N3O3S/c19-13-8-12(15(20)21)14(11-2-7-22-9-11)18(13)5-1-4-17-6-3-16-10-17/h2-3,6-7,9-10,12,14H,1,4-5,8H2,(H,20,21)/t12-,14+/m0/s1. The molecule has 1 amide bonds. The largest absolute Gasteiger partial charge is 0.481 e. The van der Waals surface area contributed by atoms with Crippen LogP contribution in [0.15, 0.2) is 35.5 Å². The van der Waals surface area contributed by atoms with Crippen molar-refractivity contribution in [2.24, 2.45) is 5.92 Å². The number of likely N-dealkylation sites (tertiary alicyclic amines) is 1. The third-order valence-electron chi connectivity index (χ3n) is 4.01. The Morgan fingerprint density at radius 2 is 2.32 bits per heavy atom. The van der Waals surface area contributed by atoms with E-state index < -0.39 is 11.9 Å². The van der Waals surface area contributed by atoms with Gasteiger partial charge in [-0.2, -0.15) is 11.3 Å². The minimum absolute atomic E-state index is 0.0748. The molecule has 0 radical (unpaired) electrons. The van der Waals surface area contributed by atoms with Gasteiger partial charge in [0.1, 0.15) is 0 Å². The van der Waals surface area contributed by atoms with Crippen LogP contribution < -0.4 is 0 Å². The van der Waals surface area contributed by atoms with Gasteiger partial charge in [-0.05, 0) is 28.8 Å². The molecule has 3 rings (SSSR count). The molecule has 2 atom stereocenters. The highest BCUT2D eigenvalue weighted by atomic mass is 32.1. The summed E-state index contributed by atoms with van der Waals surface area (Å²) in [5.74, 6) is -1.63. The second-order valence-corrected chi connectivity index (χ2v) is 6.17. The first-order chi connectivity index (χ1) is 10.7. The SMILES string of the molecule is O=C(O)[C@H]1CC(=O)N(CCCn2ccnc2)[C@@H]1c1ccsc1. The fraction of sp³-hybridized carbons (Fsp3) is 0.400. The second kappa shape index (κ2) is 6.31. The molecule has 3 heterocycles. The summed E-state index contributed by atoms with van der Waals surface area (Å²) in [6.07, 6.45) is 6.19. The molecular formula is C15H17N3O3S. The quantitative estimate of drug-likeness (QED) is 0.884. The summed E-state index contributed by atoms with van der Waals surface area (Å²) in [5, 5.41) is 13.3. The van der Waals surface area contributed by atoms with E-state index in [9.17, 15) is 14.7 Å². The molecule has 1 aliphatic rings. The van der Waals surface area contributed by atoms with E-state index in [1.54, 1.807) is 17.4 Å². The van der Waals surface area contributed by atoms with Crippen molar-refractivity contribution in [3.63, 3.8) is 0 Å². The lowest BCUT2D eigenvalue weighted by Gasteiger charge is -2.26. The average Bonchev–Trinajstić information content (AvgIpc) is 3.20. The number of imidazole rings is 1. The molecule has 116 valence electrons. The van der Waals surface area contributed by atoms with Gasteiger partial charge in [0.15, 0.2) is 0 Å². The van der Waals surface area contributed by atoms with Gasteiger partial charge in [-0.1, -0.05) is 0 Å². The summed E-state index contributed by atoms with van der Waals surface area (Å²) < 4.78 is 1.95. The van der Waals surface area contributed by atoms with Gasteiger partial charge in [0.25, 0.3) is 0 Å². The fourth-order valence-corrected chi connectivity index (χ4v) is 3.66. The molecule has 2 aromatic rings. The normalized spacial score (nSPS) is 21.5. The highest BCUT2D eigenvalue weighted by molar-refractivity contribution is 7.08. The summed E-state index contributed by atoms with van der Waals surface area (Å²) in [7, 11) is 0. The zero-order chi connectivity index (χ0) is 15.5. The van der Waals surface area contributed by atoms with Crippen molar-refractivity contribution in [2.75, 3.05) is 6.54 Å². The Morgan fingerprint density at radius 3 is 2.95 bits per heavy atom. The summed E-state index contributed by atoms with van der Waals surface area (Å²) >= 11 is 1.52. The summed E-state index contributed by atoms with van der Waals surface area (Å²) in [5.41, 5.74) is 0.922. The van der Waals surface area contributed by atoms with Crippen LogP contribution in [-0.4, -0.2) is 38.0 Å². The molecule has 1 aliphatic heterocycles. The van der Waals surface area contributed by atoms with Crippen molar-refractivity contribution in [2.45, 2.75) is 25.4 Å². The fourth-order valence-electron chi connectivity index (χ4n) is 2.97. The van der Waals surface area contributed by atoms with Crippen LogP contribution in [0, 0.1) is 5.92 Å². The van der Waals surface area contributed by atoms with E-state index in [0.29, 0.717) is 6.54 Å². The van der Waals surface area contributed by atoms with Crippen molar-refractivity contribution >= 4 is 23.2 Å². The Hall–Kier alpha value is -2.15. The maximum atomic E-state index is 12.2. The number of hydrogen-bond donors (Lipinski definition) is 1. The molecule has 22 heavy (non-hydrogen) atoms. The molecule has 1 saturated heterocycles. The number of carbonyl (C=O) groups excluding carboxylic acids is 1. The summed E-state index contributed by atoms with van der Waals surface area (Å²) in [4.78, 5) is 29.4. The van der Waals surface area contributed by atoms with Crippen molar-refractivity contribution in [1.82, 2.24) is 14.5 Å². The van der Waals surface area contributed by atoms with Gasteiger partial charge < -0.3 is 14.6 Å². The molecule has 1 fully saturated rings. The van der Waals surface area contributed by atoms with Crippen LogP contribution in [0.4, 0.5) is 0 Å². The van der Waals surface area contributed by atoms with Crippen molar-refractivity contribution in [1.29, 1.82) is 0 Å². The molecule has 0 aromatic carbocycles. The van der Waals surface area contributed by atoms with E-state index in [-0.39, 0.29) is 18.4 Å². The van der Waals surface area contributed by atoms with E-state index in [4.69, 9.17) is 0 Å². The molecule has 0 saturated carbocycles. The first-order valence-corrected chi connectivity index (χ1v) is 8.11. The van der Waals surface area contributed by atoms with Gasteiger partial charge >= 0.3 is 5.97 Å². The molecule has 1 N–H and O–H groups in total. The Labute approximate surface area is 132 Å². The number of carboxylic acid groups (broad SMARTS) is 1. The van der Waals surface area contributed by atoms with Crippen LogP contribution in [0.3, 0.4) is 0 Å². The lowest BCUT2D eigenvalue weighted by atomic mass is 9.95. The van der Waals surface area contributed by atoms with Crippen LogP contribution in [0.25, 0.3) is 0 Å². The van der Waals surface area contributed by atoms with Crippen LogP contribution in [0.2, 0.25) is 0 Å². The summed E-state index contributed by atoms with van der Waals surface area (Å²) in [6, 6.07) is 1.56. The maximum absolute atomic E-state index is 12.2. The van der Waals surface area contributed by atoms with Crippen molar-refractivity contribution in [3.05, 3.63) is 41.1 Å². The van der Waals surface area contributed by atoms with E-state index in [0.717, 1.165) is 18.5 Å². The number of nitrogens with zero attached hydrogens (tertiary/aromatic N) is 3. The Kier molecular flexibility index (Phi) is 4.24. The lowest BCUT2D eigenvalue weighted by Crippen LogP contribution is -2.31. The molecule has 0 bridgehead atoms. The predicted molar refractivity (Wildman–Crippen MR) is 81.4 cm³/mol. The molecule has 2 aromatic heterocycles. The van der Waals surface area contributed by atoms with Gasteiger partial charge in [0.05, 0.1) is 18.3 Å². The second-order valence-electron chi connectivity index (χ2n) is 5.39. The highest BCUT2D eigenvalue weighted by Crippen LogP contribution is 2.39. The monoisotopic (exact) mass is 319 g/mol. The van der Waals surface area contributed by atoms with Gasteiger partial charge in [0.2, 0.25) is 5.91 Å². The van der Waals surface area contributed by atoms with Crippen molar-refractivity contribution in [3.8, 4) is 0 Å². The van der Waals surface area contributed by atoms with E-state index in [1.807, 2.05) is 27.6 Å². The summed E-state index contributed by atoms with van der Waals surface area (Å²) in [6.45, 7) is 1.32.